The van der Waals surface area contributed by atoms with Gasteiger partial charge in [0.25, 0.3) is 0 Å². The molecule has 0 aliphatic carbocycles. The molecule has 0 unspecified atom stereocenters. The molecule has 0 rings (SSSR count). The van der Waals surface area contributed by atoms with Crippen molar-refractivity contribution >= 4 is 0 Å². The Kier molecular flexibility index (Phi) is 15.9. The molecule has 0 radical (unpaired) electrons. The van der Waals surface area contributed by atoms with Gasteiger partial charge in [-0.2, -0.15) is 6.42 Å². The van der Waals surface area contributed by atoms with E-state index in [9.17, 15) is 0 Å². The molecule has 1 heteroatoms. The van der Waals surface area contributed by atoms with Gasteiger partial charge >= 0.3 is 18.9 Å². The quantitative estimate of drug-likeness (QED) is 0.195. The van der Waals surface area contributed by atoms with E-state index in [-0.39, 0.29) is 18.9 Å². The van der Waals surface area contributed by atoms with Crippen molar-refractivity contribution in [2.24, 2.45) is 0 Å². The van der Waals surface area contributed by atoms with E-state index in [1.165, 1.54) is 0 Å². The Morgan fingerprint density at radius 1 is 1.80 bits per heavy atom. The van der Waals surface area contributed by atoms with Gasteiger partial charge in [0.1, 0.15) is 0 Å². The molecule has 0 aliphatic heterocycles. The average molecular weight is 62.0 g/mol. The fourth-order valence-electron chi connectivity index (χ4n) is 0. The van der Waals surface area contributed by atoms with Crippen molar-refractivity contribution in [3.8, 4) is 0 Å². The summed E-state index contributed by atoms with van der Waals surface area (Å²) in [6.45, 7) is 6.90. The average Bonchev–Trinajstić information content (AvgIpc) is 1.37. The first-order chi connectivity index (χ1) is 1.91. The Morgan fingerprint density at radius 2 is 2.00 bits per heavy atom. The first kappa shape index (κ1) is 9.02. The van der Waals surface area contributed by atoms with E-state index in [1.807, 2.05) is 0 Å². The third kappa shape index (κ3) is 13.2. The zero-order valence-corrected chi connectivity index (χ0v) is 3.70. The van der Waals surface area contributed by atoms with Gasteiger partial charge in [-0.25, -0.2) is 0 Å². The monoisotopic (exact) mass is 62.1 g/mol. The molecule has 0 aromatic carbocycles. The van der Waals surface area contributed by atoms with Crippen LogP contribution in [0.2, 0.25) is 0 Å². The molecule has 0 aromatic rings. The SMILES string of the molecule is C=CC[CH2-].[Li+]. The predicted octanol–water partition coefficient (Wildman–Crippen LogP) is -1.60. The van der Waals surface area contributed by atoms with Crippen LogP contribution in [-0.2, 0) is 0 Å². The van der Waals surface area contributed by atoms with Crippen molar-refractivity contribution in [1.29, 1.82) is 0 Å². The normalized spacial score (nSPS) is 5.00. The van der Waals surface area contributed by atoms with Crippen LogP contribution >= 0.6 is 0 Å². The molecule has 0 saturated heterocycles. The summed E-state index contributed by atoms with van der Waals surface area (Å²) < 4.78 is 0. The van der Waals surface area contributed by atoms with E-state index in [2.05, 4.69) is 13.5 Å². The summed E-state index contributed by atoms with van der Waals surface area (Å²) in [5.74, 6) is 0. The molecule has 5 heavy (non-hydrogen) atoms. The molecule has 0 bridgehead atoms. The number of hydrogen-bond acceptors (Lipinski definition) is 0. The van der Waals surface area contributed by atoms with Gasteiger partial charge in [-0.3, -0.25) is 0 Å². The molecule has 0 atom stereocenters. The molecular weight excluding hydrogens is 55.0 g/mol. The Labute approximate surface area is 45.4 Å². The minimum atomic E-state index is 0. The Hall–Kier alpha value is 0.337. The van der Waals surface area contributed by atoms with Crippen molar-refractivity contribution < 1.29 is 18.9 Å². The number of hydrogen-bond donors (Lipinski definition) is 0. The van der Waals surface area contributed by atoms with Gasteiger partial charge in [-0.05, 0) is 0 Å². The Morgan fingerprint density at radius 3 is 2.00 bits per heavy atom. The van der Waals surface area contributed by atoms with Crippen molar-refractivity contribution in [3.05, 3.63) is 19.6 Å². The van der Waals surface area contributed by atoms with Crippen LogP contribution < -0.4 is 18.9 Å². The summed E-state index contributed by atoms with van der Waals surface area (Å²) in [5, 5.41) is 0. The van der Waals surface area contributed by atoms with E-state index in [1.54, 1.807) is 6.08 Å². The summed E-state index contributed by atoms with van der Waals surface area (Å²) in [5.41, 5.74) is 0. The minimum Gasteiger partial charge on any atom is -0.340 e. The maximum Gasteiger partial charge on any atom is 1.00 e. The predicted molar refractivity (Wildman–Crippen MR) is 20.2 cm³/mol. The summed E-state index contributed by atoms with van der Waals surface area (Å²) >= 11 is 0. The van der Waals surface area contributed by atoms with Crippen LogP contribution in [0.5, 0.6) is 0 Å². The fourth-order valence-corrected chi connectivity index (χ4v) is 0. The summed E-state index contributed by atoms with van der Waals surface area (Å²) in [6, 6.07) is 0. The van der Waals surface area contributed by atoms with Crippen LogP contribution in [-0.4, -0.2) is 0 Å². The van der Waals surface area contributed by atoms with Gasteiger partial charge in [0.2, 0.25) is 0 Å². The standard InChI is InChI=1S/C4H7.Li/c1-3-4-2;/h3H,1-2,4H2;/q-1;+1. The Balaban J connectivity index is 0. The molecule has 0 amide bonds. The minimum absolute atomic E-state index is 0. The molecule has 0 heterocycles. The van der Waals surface area contributed by atoms with Gasteiger partial charge in [-0.15, -0.1) is 12.7 Å². The third-order valence-electron chi connectivity index (χ3n) is 0.204. The molecule has 0 aliphatic rings. The van der Waals surface area contributed by atoms with Crippen LogP contribution in [0, 0.1) is 6.92 Å². The van der Waals surface area contributed by atoms with E-state index in [0.29, 0.717) is 0 Å². The second-order valence-corrected chi connectivity index (χ2v) is 0.577. The molecular formula is C4H7Li. The first-order valence-corrected chi connectivity index (χ1v) is 1.32. The maximum absolute atomic E-state index is 3.49. The van der Waals surface area contributed by atoms with Crippen LogP contribution in [0.15, 0.2) is 12.7 Å². The van der Waals surface area contributed by atoms with Crippen LogP contribution in [0.1, 0.15) is 6.42 Å². The van der Waals surface area contributed by atoms with Crippen LogP contribution in [0.3, 0.4) is 0 Å². The van der Waals surface area contributed by atoms with E-state index < -0.39 is 0 Å². The molecule has 0 nitrogen and oxygen atoms in total. The van der Waals surface area contributed by atoms with Gasteiger partial charge in [0.05, 0.1) is 0 Å². The van der Waals surface area contributed by atoms with Crippen molar-refractivity contribution in [1.82, 2.24) is 0 Å². The van der Waals surface area contributed by atoms with Crippen LogP contribution in [0.4, 0.5) is 0 Å². The van der Waals surface area contributed by atoms with E-state index in [4.69, 9.17) is 0 Å². The molecule has 0 saturated carbocycles. The summed E-state index contributed by atoms with van der Waals surface area (Å²) in [6.07, 6.45) is 2.60. The van der Waals surface area contributed by atoms with Gasteiger partial charge < -0.3 is 6.92 Å². The summed E-state index contributed by atoms with van der Waals surface area (Å²) in [7, 11) is 0. The topological polar surface area (TPSA) is 0 Å². The van der Waals surface area contributed by atoms with E-state index >= 15 is 0 Å². The number of allylic oxidation sites excluding steroid dienone is 1. The van der Waals surface area contributed by atoms with Crippen molar-refractivity contribution in [2.75, 3.05) is 0 Å². The van der Waals surface area contributed by atoms with Gasteiger partial charge in [0, 0.05) is 0 Å². The molecule has 24 valence electrons. The second kappa shape index (κ2) is 8.84. The van der Waals surface area contributed by atoms with Crippen molar-refractivity contribution in [2.45, 2.75) is 6.42 Å². The van der Waals surface area contributed by atoms with Gasteiger partial charge in [-0.1, -0.05) is 0 Å². The maximum atomic E-state index is 3.49. The molecule has 0 aromatic heterocycles. The van der Waals surface area contributed by atoms with Crippen LogP contribution in [0.25, 0.3) is 0 Å². The zero-order valence-electron chi connectivity index (χ0n) is 3.70. The molecule has 0 fully saturated rings. The largest absolute Gasteiger partial charge is 1.00 e. The van der Waals surface area contributed by atoms with Gasteiger partial charge in [0.15, 0.2) is 0 Å². The third-order valence-corrected chi connectivity index (χ3v) is 0.204. The second-order valence-electron chi connectivity index (χ2n) is 0.577. The smallest absolute Gasteiger partial charge is 0.340 e. The van der Waals surface area contributed by atoms with E-state index in [0.717, 1.165) is 6.42 Å². The zero-order chi connectivity index (χ0) is 3.41. The Bertz CT molecular complexity index is 17.6. The van der Waals surface area contributed by atoms with Crippen molar-refractivity contribution in [3.63, 3.8) is 0 Å². The molecule has 0 spiro atoms. The number of rotatable bonds is 1. The fraction of sp³-hybridized carbons (Fsp3) is 0.250. The first-order valence-electron chi connectivity index (χ1n) is 1.32. The molecule has 0 N–H and O–H groups in total. The summed E-state index contributed by atoms with van der Waals surface area (Å²) in [4.78, 5) is 0.